The molecule has 0 bridgehead atoms. The summed E-state index contributed by atoms with van der Waals surface area (Å²) in [4.78, 5) is 12.3. The van der Waals surface area contributed by atoms with Crippen molar-refractivity contribution in [1.82, 2.24) is 20.1 Å². The lowest BCUT2D eigenvalue weighted by molar-refractivity contribution is -0.138. The van der Waals surface area contributed by atoms with E-state index in [-0.39, 0.29) is 17.5 Å². The Morgan fingerprint density at radius 3 is 2.71 bits per heavy atom. The number of hydrogen-bond acceptors (Lipinski definition) is 3. The van der Waals surface area contributed by atoms with Crippen LogP contribution in [0.2, 0.25) is 0 Å². The molecule has 2 aromatic rings. The van der Waals surface area contributed by atoms with Crippen LogP contribution in [0.25, 0.3) is 0 Å². The fraction of sp³-hybridized carbons (Fsp3) is 0.438. The van der Waals surface area contributed by atoms with E-state index in [1.807, 2.05) is 0 Å². The average molecular weight is 338 g/mol. The molecule has 5 nitrogen and oxygen atoms in total. The summed E-state index contributed by atoms with van der Waals surface area (Å²) in [6.07, 6.45) is -2.46. The Morgan fingerprint density at radius 1 is 1.38 bits per heavy atom. The van der Waals surface area contributed by atoms with Crippen molar-refractivity contribution in [2.45, 2.75) is 31.5 Å². The quantitative estimate of drug-likeness (QED) is 0.932. The molecule has 1 aromatic carbocycles. The molecular formula is C16H17F3N4O. The smallest absolute Gasteiger partial charge is 0.346 e. The van der Waals surface area contributed by atoms with E-state index in [0.29, 0.717) is 12.2 Å². The van der Waals surface area contributed by atoms with Gasteiger partial charge in [-0.1, -0.05) is 18.2 Å². The van der Waals surface area contributed by atoms with Crippen molar-refractivity contribution in [2.24, 2.45) is 13.0 Å². The molecule has 1 amide bonds. The molecule has 0 saturated heterocycles. The Kier molecular flexibility index (Phi) is 4.06. The van der Waals surface area contributed by atoms with Gasteiger partial charge in [0.25, 0.3) is 0 Å². The third-order valence-corrected chi connectivity index (χ3v) is 4.29. The van der Waals surface area contributed by atoms with Gasteiger partial charge in [-0.2, -0.15) is 13.2 Å². The normalized spacial score (nSPS) is 21.4. The number of alkyl halides is 3. The maximum atomic E-state index is 13.1. The van der Waals surface area contributed by atoms with Gasteiger partial charge in [0.15, 0.2) is 5.82 Å². The lowest BCUT2D eigenvalue weighted by Gasteiger charge is -2.14. The van der Waals surface area contributed by atoms with Crippen LogP contribution in [-0.2, 0) is 18.0 Å². The highest BCUT2D eigenvalue weighted by atomic mass is 19.4. The minimum absolute atomic E-state index is 0.191. The van der Waals surface area contributed by atoms with E-state index in [1.165, 1.54) is 18.5 Å². The summed E-state index contributed by atoms with van der Waals surface area (Å²) in [6, 6.07) is 5.08. The van der Waals surface area contributed by atoms with Gasteiger partial charge in [-0.25, -0.2) is 0 Å². The van der Waals surface area contributed by atoms with Crippen LogP contribution in [0.4, 0.5) is 13.2 Å². The number of hydrogen-bond donors (Lipinski definition) is 1. The van der Waals surface area contributed by atoms with Crippen molar-refractivity contribution in [3.05, 3.63) is 47.5 Å². The van der Waals surface area contributed by atoms with E-state index in [2.05, 4.69) is 15.5 Å². The van der Waals surface area contributed by atoms with E-state index in [0.717, 1.165) is 6.07 Å². The van der Waals surface area contributed by atoms with Crippen LogP contribution in [0.5, 0.6) is 0 Å². The number of aryl methyl sites for hydroxylation is 1. The van der Waals surface area contributed by atoms with E-state index in [4.69, 9.17) is 0 Å². The van der Waals surface area contributed by atoms with E-state index >= 15 is 0 Å². The third kappa shape index (κ3) is 3.13. The Labute approximate surface area is 136 Å². The highest BCUT2D eigenvalue weighted by Gasteiger charge is 2.48. The lowest BCUT2D eigenvalue weighted by atomic mass is 10.0. The second kappa shape index (κ2) is 5.92. The maximum Gasteiger partial charge on any atom is 0.416 e. The van der Waals surface area contributed by atoms with Gasteiger partial charge in [-0.3, -0.25) is 4.79 Å². The van der Waals surface area contributed by atoms with Crippen molar-refractivity contribution in [2.75, 3.05) is 0 Å². The van der Waals surface area contributed by atoms with Crippen molar-refractivity contribution >= 4 is 5.91 Å². The number of halogens is 3. The van der Waals surface area contributed by atoms with Gasteiger partial charge in [0.05, 0.1) is 11.6 Å². The predicted octanol–water partition coefficient (Wildman–Crippen LogP) is 2.81. The summed E-state index contributed by atoms with van der Waals surface area (Å²) in [5, 5.41) is 10.5. The molecular weight excluding hydrogens is 321 g/mol. The van der Waals surface area contributed by atoms with Gasteiger partial charge >= 0.3 is 6.18 Å². The molecule has 1 fully saturated rings. The largest absolute Gasteiger partial charge is 0.416 e. The van der Waals surface area contributed by atoms with Crippen LogP contribution in [0.3, 0.4) is 0 Å². The Morgan fingerprint density at radius 2 is 2.08 bits per heavy atom. The molecule has 128 valence electrons. The SMILES string of the molecule is CC(NC(=O)C1CC1c1ccccc1C(F)(F)F)c1nncn1C. The first-order chi connectivity index (χ1) is 11.3. The zero-order valence-corrected chi connectivity index (χ0v) is 13.2. The number of aromatic nitrogens is 3. The number of carbonyl (C=O) groups excluding carboxylic acids is 1. The Bertz CT molecular complexity index is 756. The predicted molar refractivity (Wildman–Crippen MR) is 79.9 cm³/mol. The Hall–Kier alpha value is -2.38. The monoisotopic (exact) mass is 338 g/mol. The van der Waals surface area contributed by atoms with Crippen LogP contribution in [0.1, 0.15) is 42.3 Å². The standard InChI is InChI=1S/C16H17F3N4O/c1-9(14-22-20-8-23(14)2)21-15(24)12-7-11(12)10-5-3-4-6-13(10)16(17,18)19/h3-6,8-9,11-12H,7H2,1-2H3,(H,21,24). The number of carbonyl (C=O) groups is 1. The summed E-state index contributed by atoms with van der Waals surface area (Å²) in [5.74, 6) is -0.498. The number of rotatable bonds is 4. The first-order valence-corrected chi connectivity index (χ1v) is 7.59. The van der Waals surface area contributed by atoms with Gasteiger partial charge in [-0.05, 0) is 30.9 Å². The molecule has 3 atom stereocenters. The van der Waals surface area contributed by atoms with Crippen LogP contribution in [-0.4, -0.2) is 20.7 Å². The average Bonchev–Trinajstić information content (AvgIpc) is 3.21. The first kappa shape index (κ1) is 16.5. The molecule has 1 aromatic heterocycles. The number of amides is 1. The number of nitrogens with zero attached hydrogens (tertiary/aromatic N) is 3. The Balaban J connectivity index is 1.70. The van der Waals surface area contributed by atoms with Gasteiger partial charge in [0.2, 0.25) is 5.91 Å². The van der Waals surface area contributed by atoms with Crippen LogP contribution < -0.4 is 5.32 Å². The fourth-order valence-corrected chi connectivity index (χ4v) is 2.98. The maximum absolute atomic E-state index is 13.1. The molecule has 1 heterocycles. The van der Waals surface area contributed by atoms with E-state index in [1.54, 1.807) is 24.6 Å². The molecule has 3 rings (SSSR count). The number of nitrogens with one attached hydrogen (secondary N) is 1. The zero-order valence-electron chi connectivity index (χ0n) is 13.2. The van der Waals surface area contributed by atoms with E-state index in [9.17, 15) is 18.0 Å². The molecule has 1 N–H and O–H groups in total. The topological polar surface area (TPSA) is 59.8 Å². The third-order valence-electron chi connectivity index (χ3n) is 4.29. The first-order valence-electron chi connectivity index (χ1n) is 7.59. The molecule has 1 aliphatic rings. The lowest BCUT2D eigenvalue weighted by Crippen LogP contribution is -2.30. The summed E-state index contributed by atoms with van der Waals surface area (Å²) >= 11 is 0. The minimum Gasteiger partial charge on any atom is -0.346 e. The molecule has 3 unspecified atom stereocenters. The summed E-state index contributed by atoms with van der Waals surface area (Å²) in [7, 11) is 1.76. The van der Waals surface area contributed by atoms with Crippen molar-refractivity contribution in [3.8, 4) is 0 Å². The van der Waals surface area contributed by atoms with Gasteiger partial charge in [0.1, 0.15) is 6.33 Å². The summed E-state index contributed by atoms with van der Waals surface area (Å²) < 4.78 is 40.9. The molecule has 0 spiro atoms. The molecule has 1 saturated carbocycles. The summed E-state index contributed by atoms with van der Waals surface area (Å²) in [5.41, 5.74) is -0.469. The second-order valence-corrected chi connectivity index (χ2v) is 6.06. The highest BCUT2D eigenvalue weighted by Crippen LogP contribution is 2.51. The van der Waals surface area contributed by atoms with Crippen molar-refractivity contribution < 1.29 is 18.0 Å². The van der Waals surface area contributed by atoms with Gasteiger partial charge in [-0.15, -0.1) is 10.2 Å². The molecule has 24 heavy (non-hydrogen) atoms. The van der Waals surface area contributed by atoms with E-state index < -0.39 is 23.6 Å². The van der Waals surface area contributed by atoms with Crippen molar-refractivity contribution in [3.63, 3.8) is 0 Å². The summed E-state index contributed by atoms with van der Waals surface area (Å²) in [6.45, 7) is 1.77. The van der Waals surface area contributed by atoms with Gasteiger partial charge in [0, 0.05) is 13.0 Å². The van der Waals surface area contributed by atoms with Crippen LogP contribution in [0, 0.1) is 5.92 Å². The van der Waals surface area contributed by atoms with Crippen LogP contribution >= 0.6 is 0 Å². The second-order valence-electron chi connectivity index (χ2n) is 6.06. The van der Waals surface area contributed by atoms with Gasteiger partial charge < -0.3 is 9.88 Å². The van der Waals surface area contributed by atoms with Crippen molar-refractivity contribution in [1.29, 1.82) is 0 Å². The molecule has 8 heteroatoms. The molecule has 1 aliphatic carbocycles. The fourth-order valence-electron chi connectivity index (χ4n) is 2.98. The minimum atomic E-state index is -4.41. The zero-order chi connectivity index (χ0) is 17.5. The molecule has 0 aliphatic heterocycles. The molecule has 0 radical (unpaired) electrons. The number of benzene rings is 1. The van der Waals surface area contributed by atoms with Crippen LogP contribution in [0.15, 0.2) is 30.6 Å². The highest BCUT2D eigenvalue weighted by molar-refractivity contribution is 5.83.